The highest BCUT2D eigenvalue weighted by atomic mass is 79.9. The van der Waals surface area contributed by atoms with Crippen molar-refractivity contribution in [1.82, 2.24) is 9.78 Å². The predicted molar refractivity (Wildman–Crippen MR) is 75.0 cm³/mol. The van der Waals surface area contributed by atoms with Crippen molar-refractivity contribution in [2.45, 2.75) is 25.7 Å². The number of benzene rings is 1. The Morgan fingerprint density at radius 3 is 2.56 bits per heavy atom. The van der Waals surface area contributed by atoms with Crippen molar-refractivity contribution in [3.05, 3.63) is 48.0 Å². The fourth-order valence-electron chi connectivity index (χ4n) is 1.91. The summed E-state index contributed by atoms with van der Waals surface area (Å²) < 4.78 is 15.8. The molecule has 0 N–H and O–H groups in total. The molecule has 0 bridgehead atoms. The maximum absolute atomic E-state index is 14.4. The first-order valence-electron chi connectivity index (χ1n) is 5.91. The summed E-state index contributed by atoms with van der Waals surface area (Å²) in [5, 5.41) is 5.00. The smallest absolute Gasteiger partial charge is 0.206 e. The van der Waals surface area contributed by atoms with Crippen LogP contribution in [0, 0.1) is 5.95 Å². The molecule has 0 spiro atoms. The summed E-state index contributed by atoms with van der Waals surface area (Å²) >= 11 is 3.41. The zero-order chi connectivity index (χ0) is 13.2. The molecule has 0 aliphatic carbocycles. The van der Waals surface area contributed by atoms with Gasteiger partial charge in [-0.1, -0.05) is 48.0 Å². The van der Waals surface area contributed by atoms with Crippen molar-refractivity contribution in [1.29, 1.82) is 0 Å². The monoisotopic (exact) mass is 310 g/mol. The van der Waals surface area contributed by atoms with Crippen molar-refractivity contribution >= 4 is 15.9 Å². The Hall–Kier alpha value is -1.16. The van der Waals surface area contributed by atoms with Gasteiger partial charge in [-0.3, -0.25) is 0 Å². The summed E-state index contributed by atoms with van der Waals surface area (Å²) in [6.45, 7) is 4.06. The first kappa shape index (κ1) is 13.3. The van der Waals surface area contributed by atoms with E-state index in [9.17, 15) is 4.39 Å². The van der Waals surface area contributed by atoms with E-state index in [1.165, 1.54) is 4.68 Å². The van der Waals surface area contributed by atoms with Gasteiger partial charge in [0.15, 0.2) is 0 Å². The fourth-order valence-corrected chi connectivity index (χ4v) is 2.90. The lowest BCUT2D eigenvalue weighted by atomic mass is 9.84. The van der Waals surface area contributed by atoms with Crippen LogP contribution >= 0.6 is 15.9 Å². The Morgan fingerprint density at radius 2 is 1.94 bits per heavy atom. The molecule has 2 rings (SSSR count). The highest BCUT2D eigenvalue weighted by Gasteiger charge is 2.27. The standard InChI is InChI=1S/C14H16BrFN2/c1-14(2,8-9-15)12-10-17-18(13(12)16)11-6-4-3-5-7-11/h3-7,10H,8-9H2,1-2H3. The minimum absolute atomic E-state index is 0.222. The molecule has 0 atom stereocenters. The first-order chi connectivity index (χ1) is 8.56. The second-order valence-corrected chi connectivity index (χ2v) is 5.71. The van der Waals surface area contributed by atoms with Gasteiger partial charge in [-0.2, -0.15) is 9.49 Å². The molecule has 1 aromatic heterocycles. The normalized spacial score (nSPS) is 11.8. The van der Waals surface area contributed by atoms with Crippen LogP contribution in [-0.2, 0) is 5.41 Å². The Kier molecular flexibility index (Phi) is 3.85. The Morgan fingerprint density at radius 1 is 1.28 bits per heavy atom. The zero-order valence-corrected chi connectivity index (χ0v) is 12.1. The number of halogens is 2. The van der Waals surface area contributed by atoms with E-state index in [4.69, 9.17) is 0 Å². The molecule has 0 fully saturated rings. The lowest BCUT2D eigenvalue weighted by Gasteiger charge is -2.22. The molecule has 0 radical (unpaired) electrons. The quantitative estimate of drug-likeness (QED) is 0.778. The molecule has 1 aromatic carbocycles. The van der Waals surface area contributed by atoms with Crippen LogP contribution in [0.1, 0.15) is 25.8 Å². The van der Waals surface area contributed by atoms with Crippen LogP contribution in [0.2, 0.25) is 0 Å². The summed E-state index contributed by atoms with van der Waals surface area (Å²) in [5.74, 6) is -0.271. The SMILES string of the molecule is CC(C)(CCBr)c1cnn(-c2ccccc2)c1F. The largest absolute Gasteiger partial charge is 0.219 e. The average Bonchev–Trinajstić information content (AvgIpc) is 2.73. The van der Waals surface area contributed by atoms with E-state index >= 15 is 0 Å². The van der Waals surface area contributed by atoms with E-state index in [0.29, 0.717) is 5.56 Å². The van der Waals surface area contributed by atoms with Crippen LogP contribution in [0.25, 0.3) is 5.69 Å². The second-order valence-electron chi connectivity index (χ2n) is 4.92. The minimum Gasteiger partial charge on any atom is -0.206 e. The van der Waals surface area contributed by atoms with E-state index in [-0.39, 0.29) is 11.4 Å². The topological polar surface area (TPSA) is 17.8 Å². The molecule has 0 aliphatic heterocycles. The van der Waals surface area contributed by atoms with Gasteiger partial charge in [-0.15, -0.1) is 0 Å². The van der Waals surface area contributed by atoms with Gasteiger partial charge in [0.05, 0.1) is 11.9 Å². The number of hydrogen-bond donors (Lipinski definition) is 0. The molecule has 0 saturated heterocycles. The highest BCUT2D eigenvalue weighted by Crippen LogP contribution is 2.30. The molecule has 0 aliphatic rings. The second kappa shape index (κ2) is 5.22. The van der Waals surface area contributed by atoms with Gasteiger partial charge in [-0.05, 0) is 24.0 Å². The van der Waals surface area contributed by atoms with Gasteiger partial charge in [0.2, 0.25) is 5.95 Å². The average molecular weight is 311 g/mol. The first-order valence-corrected chi connectivity index (χ1v) is 7.04. The molecule has 2 aromatic rings. The molecule has 0 saturated carbocycles. The van der Waals surface area contributed by atoms with E-state index in [1.807, 2.05) is 44.2 Å². The molecule has 0 unspecified atom stereocenters. The Balaban J connectivity index is 2.41. The van der Waals surface area contributed by atoms with Gasteiger partial charge >= 0.3 is 0 Å². The maximum atomic E-state index is 14.4. The van der Waals surface area contributed by atoms with Crippen molar-refractivity contribution in [3.8, 4) is 5.69 Å². The third-order valence-corrected chi connectivity index (χ3v) is 3.56. The van der Waals surface area contributed by atoms with Crippen molar-refractivity contribution in [2.24, 2.45) is 0 Å². The fraction of sp³-hybridized carbons (Fsp3) is 0.357. The molecule has 4 heteroatoms. The molecule has 1 heterocycles. The summed E-state index contributed by atoms with van der Waals surface area (Å²) in [6, 6.07) is 9.34. The Bertz CT molecular complexity index is 520. The number of alkyl halides is 1. The zero-order valence-electron chi connectivity index (χ0n) is 10.5. The van der Waals surface area contributed by atoms with Gasteiger partial charge in [0.1, 0.15) is 0 Å². The molecule has 0 amide bonds. The number of para-hydroxylation sites is 1. The van der Waals surface area contributed by atoms with Gasteiger partial charge in [-0.25, -0.2) is 4.68 Å². The van der Waals surface area contributed by atoms with Crippen molar-refractivity contribution in [3.63, 3.8) is 0 Å². The minimum atomic E-state index is -0.271. The summed E-state index contributed by atoms with van der Waals surface area (Å²) in [6.07, 6.45) is 2.50. The van der Waals surface area contributed by atoms with E-state index in [2.05, 4.69) is 21.0 Å². The number of hydrogen-bond acceptors (Lipinski definition) is 1. The van der Waals surface area contributed by atoms with Crippen LogP contribution in [0.3, 0.4) is 0 Å². The molecular weight excluding hydrogens is 295 g/mol. The van der Waals surface area contributed by atoms with Crippen LogP contribution in [0.5, 0.6) is 0 Å². The third-order valence-electron chi connectivity index (χ3n) is 3.16. The summed E-state index contributed by atoms with van der Waals surface area (Å²) in [7, 11) is 0. The number of aromatic nitrogens is 2. The van der Waals surface area contributed by atoms with Gasteiger partial charge in [0.25, 0.3) is 0 Å². The highest BCUT2D eigenvalue weighted by molar-refractivity contribution is 9.09. The number of nitrogens with zero attached hydrogens (tertiary/aromatic N) is 2. The van der Waals surface area contributed by atoms with E-state index in [0.717, 1.165) is 17.4 Å². The lowest BCUT2D eigenvalue weighted by Crippen LogP contribution is -2.19. The number of rotatable bonds is 4. The predicted octanol–water partition coefficient (Wildman–Crippen LogP) is 4.07. The van der Waals surface area contributed by atoms with E-state index < -0.39 is 0 Å². The summed E-state index contributed by atoms with van der Waals surface area (Å²) in [4.78, 5) is 0. The van der Waals surface area contributed by atoms with E-state index in [1.54, 1.807) is 6.20 Å². The van der Waals surface area contributed by atoms with Crippen LogP contribution in [0.15, 0.2) is 36.5 Å². The van der Waals surface area contributed by atoms with Gasteiger partial charge in [0, 0.05) is 10.9 Å². The third kappa shape index (κ3) is 2.48. The molecule has 96 valence electrons. The van der Waals surface area contributed by atoms with Crippen molar-refractivity contribution in [2.75, 3.05) is 5.33 Å². The van der Waals surface area contributed by atoms with Crippen LogP contribution in [-0.4, -0.2) is 15.1 Å². The van der Waals surface area contributed by atoms with Gasteiger partial charge < -0.3 is 0 Å². The molecule has 2 nitrogen and oxygen atoms in total. The van der Waals surface area contributed by atoms with Crippen LogP contribution in [0.4, 0.5) is 4.39 Å². The Labute approximate surface area is 115 Å². The molecule has 18 heavy (non-hydrogen) atoms. The lowest BCUT2D eigenvalue weighted by molar-refractivity contribution is 0.454. The van der Waals surface area contributed by atoms with Crippen LogP contribution < -0.4 is 0 Å². The maximum Gasteiger partial charge on any atom is 0.219 e. The van der Waals surface area contributed by atoms with Crippen molar-refractivity contribution < 1.29 is 4.39 Å². The summed E-state index contributed by atoms with van der Waals surface area (Å²) in [5.41, 5.74) is 1.18. The molecular formula is C14H16BrFN2.